The summed E-state index contributed by atoms with van der Waals surface area (Å²) in [5.41, 5.74) is -1.27. The van der Waals surface area contributed by atoms with Crippen LogP contribution in [0.15, 0.2) is 0 Å². The van der Waals surface area contributed by atoms with Gasteiger partial charge in [0.05, 0.1) is 0 Å². The Hall–Kier alpha value is -0.400. The number of halogens is 1. The third-order valence-corrected chi connectivity index (χ3v) is 3.37. The zero-order valence-corrected chi connectivity index (χ0v) is 9.48. The molecule has 1 unspecified atom stereocenters. The van der Waals surface area contributed by atoms with Crippen LogP contribution in [-0.2, 0) is 4.79 Å². The van der Waals surface area contributed by atoms with E-state index in [0.29, 0.717) is 0 Å². The molecule has 1 aliphatic carbocycles. The summed E-state index contributed by atoms with van der Waals surface area (Å²) in [5.74, 6) is 0.138. The maximum absolute atomic E-state index is 14.2. The van der Waals surface area contributed by atoms with Gasteiger partial charge in [0.25, 0.3) is 0 Å². The molecule has 0 amide bonds. The summed E-state index contributed by atoms with van der Waals surface area (Å²) >= 11 is 0. The van der Waals surface area contributed by atoms with Gasteiger partial charge < -0.3 is 0 Å². The molecule has 2 heteroatoms. The van der Waals surface area contributed by atoms with Gasteiger partial charge in [-0.3, -0.25) is 4.79 Å². The van der Waals surface area contributed by atoms with Crippen molar-refractivity contribution in [2.45, 2.75) is 58.5 Å². The molecule has 0 aromatic rings. The molecule has 1 atom stereocenters. The number of carbonyl (C=O) groups is 1. The maximum atomic E-state index is 14.2. The van der Waals surface area contributed by atoms with Crippen molar-refractivity contribution in [3.05, 3.63) is 0 Å². The molecule has 1 saturated carbocycles. The van der Waals surface area contributed by atoms with Gasteiger partial charge in [0, 0.05) is 12.3 Å². The molecule has 1 fully saturated rings. The molecule has 1 rings (SSSR count). The van der Waals surface area contributed by atoms with E-state index in [1.807, 2.05) is 13.8 Å². The normalized spacial score (nSPS) is 22.6. The molecular weight excluding hydrogens is 179 g/mol. The monoisotopic (exact) mass is 200 g/mol. The fourth-order valence-electron chi connectivity index (χ4n) is 2.22. The Morgan fingerprint density at radius 3 is 2.36 bits per heavy atom. The molecule has 0 aromatic carbocycles. The van der Waals surface area contributed by atoms with Crippen molar-refractivity contribution in [2.24, 2.45) is 11.8 Å². The number of rotatable bonds is 4. The van der Waals surface area contributed by atoms with E-state index >= 15 is 0 Å². The maximum Gasteiger partial charge on any atom is 0.138 e. The van der Waals surface area contributed by atoms with Gasteiger partial charge in [-0.1, -0.05) is 26.7 Å². The van der Waals surface area contributed by atoms with Crippen molar-refractivity contribution in [1.29, 1.82) is 0 Å². The Balaban J connectivity index is 2.51. The van der Waals surface area contributed by atoms with Gasteiger partial charge >= 0.3 is 0 Å². The lowest BCUT2D eigenvalue weighted by Crippen LogP contribution is -2.32. The zero-order chi connectivity index (χ0) is 10.8. The van der Waals surface area contributed by atoms with E-state index < -0.39 is 5.67 Å². The Kier molecular flexibility index (Phi) is 3.68. The second kappa shape index (κ2) is 4.41. The summed E-state index contributed by atoms with van der Waals surface area (Å²) in [7, 11) is 0. The van der Waals surface area contributed by atoms with E-state index in [1.54, 1.807) is 6.92 Å². The number of Topliss-reactive ketones (excluding diaryl/α,β-unsaturated/α-hetero) is 1. The number of ketones is 1. The molecule has 0 spiro atoms. The molecule has 0 bridgehead atoms. The van der Waals surface area contributed by atoms with Gasteiger partial charge in [-0.2, -0.15) is 0 Å². The molecule has 1 aliphatic rings. The van der Waals surface area contributed by atoms with Crippen LogP contribution in [0.25, 0.3) is 0 Å². The van der Waals surface area contributed by atoms with Crippen molar-refractivity contribution < 1.29 is 9.18 Å². The summed E-state index contributed by atoms with van der Waals surface area (Å²) in [4.78, 5) is 11.5. The van der Waals surface area contributed by atoms with Crippen LogP contribution in [0.2, 0.25) is 0 Å². The van der Waals surface area contributed by atoms with Crippen LogP contribution in [0.5, 0.6) is 0 Å². The lowest BCUT2D eigenvalue weighted by molar-refractivity contribution is -0.125. The van der Waals surface area contributed by atoms with E-state index in [0.717, 1.165) is 25.7 Å². The van der Waals surface area contributed by atoms with Crippen molar-refractivity contribution in [2.75, 3.05) is 0 Å². The fraction of sp³-hybridized carbons (Fsp3) is 0.917. The highest BCUT2D eigenvalue weighted by atomic mass is 19.1. The van der Waals surface area contributed by atoms with Crippen LogP contribution in [0, 0.1) is 11.8 Å². The number of hydrogen-bond acceptors (Lipinski definition) is 1. The standard InChI is InChI=1S/C12H21FO/c1-9(2)11(14)8-12(3,13)10-6-4-5-7-10/h9-10H,4-8H2,1-3H3. The smallest absolute Gasteiger partial charge is 0.138 e. The summed E-state index contributed by atoms with van der Waals surface area (Å²) in [6.07, 6.45) is 4.27. The highest BCUT2D eigenvalue weighted by molar-refractivity contribution is 5.81. The first kappa shape index (κ1) is 11.7. The first-order valence-corrected chi connectivity index (χ1v) is 5.65. The van der Waals surface area contributed by atoms with Gasteiger partial charge in [0.15, 0.2) is 0 Å². The molecule has 0 aliphatic heterocycles. The van der Waals surface area contributed by atoms with Crippen LogP contribution in [-0.4, -0.2) is 11.5 Å². The van der Waals surface area contributed by atoms with Crippen molar-refractivity contribution >= 4 is 5.78 Å². The number of hydrogen-bond donors (Lipinski definition) is 0. The highest BCUT2D eigenvalue weighted by Crippen LogP contribution is 2.39. The highest BCUT2D eigenvalue weighted by Gasteiger charge is 2.38. The van der Waals surface area contributed by atoms with Gasteiger partial charge in [0.2, 0.25) is 0 Å². The average molecular weight is 200 g/mol. The topological polar surface area (TPSA) is 17.1 Å². The summed E-state index contributed by atoms with van der Waals surface area (Å²) < 4.78 is 14.2. The predicted molar refractivity (Wildman–Crippen MR) is 55.9 cm³/mol. The summed E-state index contributed by atoms with van der Waals surface area (Å²) in [5, 5.41) is 0. The third kappa shape index (κ3) is 2.79. The SMILES string of the molecule is CC(C)C(=O)CC(C)(F)C1CCCC1. The minimum atomic E-state index is -1.27. The lowest BCUT2D eigenvalue weighted by atomic mass is 9.83. The minimum absolute atomic E-state index is 0.0357. The van der Waals surface area contributed by atoms with Crippen LogP contribution >= 0.6 is 0 Å². The zero-order valence-electron chi connectivity index (χ0n) is 9.48. The molecule has 0 N–H and O–H groups in total. The quantitative estimate of drug-likeness (QED) is 0.678. The second-order valence-corrected chi connectivity index (χ2v) is 5.06. The predicted octanol–water partition coefficient (Wildman–Crippen LogP) is 3.52. The van der Waals surface area contributed by atoms with E-state index in [2.05, 4.69) is 0 Å². The van der Waals surface area contributed by atoms with Crippen LogP contribution < -0.4 is 0 Å². The second-order valence-electron chi connectivity index (χ2n) is 5.06. The average Bonchev–Trinajstić information content (AvgIpc) is 2.54. The van der Waals surface area contributed by atoms with Crippen LogP contribution in [0.1, 0.15) is 52.9 Å². The molecule has 1 nitrogen and oxygen atoms in total. The Morgan fingerprint density at radius 1 is 1.43 bits per heavy atom. The van der Waals surface area contributed by atoms with Crippen molar-refractivity contribution in [3.8, 4) is 0 Å². The summed E-state index contributed by atoms with van der Waals surface area (Å²) in [6, 6.07) is 0. The first-order chi connectivity index (χ1) is 6.43. The van der Waals surface area contributed by atoms with Gasteiger partial charge in [0.1, 0.15) is 11.5 Å². The van der Waals surface area contributed by atoms with Crippen LogP contribution in [0.4, 0.5) is 4.39 Å². The number of alkyl halides is 1. The van der Waals surface area contributed by atoms with E-state index in [4.69, 9.17) is 0 Å². The molecule has 0 aromatic heterocycles. The molecule has 0 radical (unpaired) electrons. The molecular formula is C12H21FO. The number of carbonyl (C=O) groups excluding carboxylic acids is 1. The molecule has 0 saturated heterocycles. The van der Waals surface area contributed by atoms with Crippen LogP contribution in [0.3, 0.4) is 0 Å². The Bertz CT molecular complexity index is 202. The third-order valence-electron chi connectivity index (χ3n) is 3.37. The molecule has 0 heterocycles. The molecule has 14 heavy (non-hydrogen) atoms. The van der Waals surface area contributed by atoms with Gasteiger partial charge in [-0.05, 0) is 25.7 Å². The van der Waals surface area contributed by atoms with E-state index in [1.165, 1.54) is 0 Å². The fourth-order valence-corrected chi connectivity index (χ4v) is 2.22. The largest absolute Gasteiger partial charge is 0.299 e. The van der Waals surface area contributed by atoms with Gasteiger partial charge in [-0.25, -0.2) is 4.39 Å². The summed E-state index contributed by atoms with van der Waals surface area (Å²) in [6.45, 7) is 5.28. The molecule has 82 valence electrons. The Labute approximate surface area is 86.1 Å². The Morgan fingerprint density at radius 2 is 1.93 bits per heavy atom. The van der Waals surface area contributed by atoms with Crippen molar-refractivity contribution in [1.82, 2.24) is 0 Å². The van der Waals surface area contributed by atoms with Crippen molar-refractivity contribution in [3.63, 3.8) is 0 Å². The first-order valence-electron chi connectivity index (χ1n) is 5.65. The van der Waals surface area contributed by atoms with E-state index in [9.17, 15) is 9.18 Å². The lowest BCUT2D eigenvalue weighted by Gasteiger charge is -2.27. The minimum Gasteiger partial charge on any atom is -0.299 e. The van der Waals surface area contributed by atoms with E-state index in [-0.39, 0.29) is 24.0 Å². The van der Waals surface area contributed by atoms with Gasteiger partial charge in [-0.15, -0.1) is 0 Å².